The Bertz CT molecular complexity index is 731. The van der Waals surface area contributed by atoms with Crippen molar-refractivity contribution in [1.82, 2.24) is 0 Å². The molecule has 2 rings (SSSR count). The van der Waals surface area contributed by atoms with E-state index in [9.17, 15) is 13.2 Å². The number of carbonyl (C=O) groups is 1. The van der Waals surface area contributed by atoms with Crippen LogP contribution >= 0.6 is 11.8 Å². The Morgan fingerprint density at radius 3 is 2.30 bits per heavy atom. The lowest BCUT2D eigenvalue weighted by atomic mass is 10.2. The molecule has 5 nitrogen and oxygen atoms in total. The van der Waals surface area contributed by atoms with Gasteiger partial charge in [0, 0.05) is 11.8 Å². The first-order valence-corrected chi connectivity index (χ1v) is 7.30. The highest BCUT2D eigenvalue weighted by Gasteiger charge is 2.24. The smallest absolute Gasteiger partial charge is 0.335 e. The zero-order valence-electron chi connectivity index (χ0n) is 10.1. The van der Waals surface area contributed by atoms with Crippen LogP contribution < -0.4 is 3.82 Å². The number of nitrogens with zero attached hydrogens (tertiary/aromatic N) is 1. The Morgan fingerprint density at radius 1 is 1.05 bits per heavy atom. The summed E-state index contributed by atoms with van der Waals surface area (Å²) in [4.78, 5) is 10.7. The number of carboxylic acids is 1. The van der Waals surface area contributed by atoms with Crippen molar-refractivity contribution in [2.24, 2.45) is 0 Å². The van der Waals surface area contributed by atoms with Crippen molar-refractivity contribution in [2.45, 2.75) is 4.90 Å². The fourth-order valence-corrected chi connectivity index (χ4v) is 3.03. The zero-order valence-corrected chi connectivity index (χ0v) is 11.7. The molecule has 0 saturated heterocycles. The molecule has 0 heterocycles. The largest absolute Gasteiger partial charge is 0.478 e. The van der Waals surface area contributed by atoms with Gasteiger partial charge in [0.05, 0.1) is 16.1 Å². The Kier molecular flexibility index (Phi) is 3.96. The minimum absolute atomic E-state index is 0.121. The van der Waals surface area contributed by atoms with Gasteiger partial charge >= 0.3 is 5.97 Å². The van der Waals surface area contributed by atoms with E-state index in [1.165, 1.54) is 30.3 Å². The van der Waals surface area contributed by atoms with E-state index >= 15 is 0 Å². The lowest BCUT2D eigenvalue weighted by Gasteiger charge is -2.16. The number of anilines is 1. The molecule has 0 unspecified atom stereocenters. The average molecular weight is 312 g/mol. The molecule has 2 aromatic rings. The van der Waals surface area contributed by atoms with Crippen molar-refractivity contribution in [3.8, 4) is 0 Å². The van der Waals surface area contributed by atoms with Gasteiger partial charge in [0.25, 0.3) is 10.0 Å². The van der Waals surface area contributed by atoms with Crippen molar-refractivity contribution in [2.75, 3.05) is 3.82 Å². The summed E-state index contributed by atoms with van der Waals surface area (Å²) in [6.07, 6.45) is 0. The fourth-order valence-electron chi connectivity index (χ4n) is 1.57. The second-order valence-corrected chi connectivity index (χ2v) is 6.21. The van der Waals surface area contributed by atoms with Crippen LogP contribution in [0, 0.1) is 0 Å². The maximum atomic E-state index is 12.3. The second-order valence-electron chi connectivity index (χ2n) is 3.89. The number of hydrogen-bond acceptors (Lipinski definition) is 3. The highest BCUT2D eigenvalue weighted by molar-refractivity contribution is 7.94. The van der Waals surface area contributed by atoms with Gasteiger partial charge in [-0.1, -0.05) is 24.3 Å². The van der Waals surface area contributed by atoms with Gasteiger partial charge in [-0.05, 0) is 30.3 Å². The highest BCUT2D eigenvalue weighted by Crippen LogP contribution is 2.25. The monoisotopic (exact) mass is 311 g/mol. The van der Waals surface area contributed by atoms with E-state index in [-0.39, 0.29) is 16.1 Å². The number of hydrogen-bond donors (Lipinski definition) is 1. The first kappa shape index (κ1) is 14.4. The zero-order chi connectivity index (χ0) is 14.8. The van der Waals surface area contributed by atoms with Crippen LogP contribution in [-0.4, -0.2) is 19.5 Å². The topological polar surface area (TPSA) is 74.7 Å². The molecule has 2 aromatic carbocycles. The van der Waals surface area contributed by atoms with Gasteiger partial charge in [-0.25, -0.2) is 4.79 Å². The van der Waals surface area contributed by atoms with Crippen LogP contribution in [0.15, 0.2) is 59.5 Å². The molecule has 104 valence electrons. The molecule has 20 heavy (non-hydrogen) atoms. The summed E-state index contributed by atoms with van der Waals surface area (Å²) >= 11 is 5.86. The number of rotatable bonds is 4. The van der Waals surface area contributed by atoms with Crippen LogP contribution in [-0.2, 0) is 10.0 Å². The maximum absolute atomic E-state index is 12.3. The van der Waals surface area contributed by atoms with Crippen molar-refractivity contribution in [3.05, 3.63) is 60.2 Å². The summed E-state index contributed by atoms with van der Waals surface area (Å²) in [5, 5.41) is 8.89. The average Bonchev–Trinajstić information content (AvgIpc) is 2.47. The van der Waals surface area contributed by atoms with Crippen molar-refractivity contribution < 1.29 is 18.3 Å². The van der Waals surface area contributed by atoms with Gasteiger partial charge in [-0.15, -0.1) is 0 Å². The number of aromatic carboxylic acids is 1. The molecule has 0 atom stereocenters. The highest BCUT2D eigenvalue weighted by atomic mass is 35.5. The van der Waals surface area contributed by atoms with Gasteiger partial charge in [-0.2, -0.15) is 12.2 Å². The standard InChI is InChI=1S/C13H10ClNO4S/c14-15(11-6-2-1-3-7-11)20(18,19)12-8-4-5-10(9-12)13(16)17/h1-9H,(H,16,17). The van der Waals surface area contributed by atoms with Crippen LogP contribution in [0.25, 0.3) is 0 Å². The Labute approximate surface area is 121 Å². The summed E-state index contributed by atoms with van der Waals surface area (Å²) in [5.74, 6) is -1.21. The van der Waals surface area contributed by atoms with Crippen molar-refractivity contribution in [3.63, 3.8) is 0 Å². The van der Waals surface area contributed by atoms with Crippen LogP contribution in [0.1, 0.15) is 10.4 Å². The summed E-state index contributed by atoms with van der Waals surface area (Å²) in [6.45, 7) is 0. The normalized spacial score (nSPS) is 11.1. The Balaban J connectivity index is 2.45. The molecule has 0 radical (unpaired) electrons. The third-order valence-electron chi connectivity index (χ3n) is 2.55. The van der Waals surface area contributed by atoms with E-state index < -0.39 is 16.0 Å². The molecule has 0 aliphatic heterocycles. The summed E-state index contributed by atoms with van der Waals surface area (Å²) in [7, 11) is -4.01. The van der Waals surface area contributed by atoms with E-state index in [0.717, 1.165) is 6.07 Å². The van der Waals surface area contributed by atoms with Gasteiger partial charge in [0.2, 0.25) is 0 Å². The van der Waals surface area contributed by atoms with Crippen molar-refractivity contribution in [1.29, 1.82) is 0 Å². The van der Waals surface area contributed by atoms with Gasteiger partial charge in [-0.3, -0.25) is 0 Å². The molecule has 0 aliphatic rings. The van der Waals surface area contributed by atoms with E-state index in [1.54, 1.807) is 18.2 Å². The lowest BCUT2D eigenvalue weighted by Crippen LogP contribution is -2.21. The molecule has 0 saturated carbocycles. The fraction of sp³-hybridized carbons (Fsp3) is 0. The lowest BCUT2D eigenvalue weighted by molar-refractivity contribution is 0.0696. The molecule has 0 aliphatic carbocycles. The molecule has 0 fully saturated rings. The molecule has 0 spiro atoms. The number of halogens is 1. The van der Waals surface area contributed by atoms with Crippen molar-refractivity contribution >= 4 is 33.5 Å². The van der Waals surface area contributed by atoms with E-state index in [1.807, 2.05) is 0 Å². The summed E-state index contributed by atoms with van der Waals surface area (Å²) < 4.78 is 25.2. The maximum Gasteiger partial charge on any atom is 0.335 e. The summed E-state index contributed by atoms with van der Waals surface area (Å²) in [6, 6.07) is 13.1. The quantitative estimate of drug-likeness (QED) is 0.881. The molecular formula is C13H10ClNO4S. The molecular weight excluding hydrogens is 302 g/mol. The predicted octanol–water partition coefficient (Wildman–Crippen LogP) is 2.73. The third-order valence-corrected chi connectivity index (χ3v) is 4.77. The third kappa shape index (κ3) is 2.76. The number of sulfonamides is 1. The SMILES string of the molecule is O=C(O)c1cccc(S(=O)(=O)N(Cl)c2ccccc2)c1. The minimum Gasteiger partial charge on any atom is -0.478 e. The predicted molar refractivity (Wildman–Crippen MR) is 75.4 cm³/mol. The second kappa shape index (κ2) is 5.52. The Morgan fingerprint density at radius 2 is 1.70 bits per heavy atom. The van der Waals surface area contributed by atoms with Crippen LogP contribution in [0.2, 0.25) is 0 Å². The molecule has 7 heteroatoms. The molecule has 0 bridgehead atoms. The first-order valence-electron chi connectivity index (χ1n) is 5.52. The number of para-hydroxylation sites is 1. The molecule has 0 aromatic heterocycles. The minimum atomic E-state index is -4.01. The van der Waals surface area contributed by atoms with Gasteiger partial charge in [0.15, 0.2) is 0 Å². The van der Waals surface area contributed by atoms with Gasteiger partial charge < -0.3 is 5.11 Å². The number of carboxylic acid groups (broad SMARTS) is 1. The first-order chi connectivity index (χ1) is 9.43. The molecule has 0 amide bonds. The summed E-state index contributed by atoms with van der Waals surface area (Å²) in [5.41, 5.74) is 0.152. The number of benzene rings is 2. The van der Waals surface area contributed by atoms with Crippen LogP contribution in [0.4, 0.5) is 5.69 Å². The van der Waals surface area contributed by atoms with Gasteiger partial charge in [0.1, 0.15) is 0 Å². The van der Waals surface area contributed by atoms with E-state index in [0.29, 0.717) is 3.82 Å². The Hall–Kier alpha value is -2.05. The van der Waals surface area contributed by atoms with E-state index in [4.69, 9.17) is 16.9 Å². The van der Waals surface area contributed by atoms with Crippen LogP contribution in [0.3, 0.4) is 0 Å². The van der Waals surface area contributed by atoms with Crippen LogP contribution in [0.5, 0.6) is 0 Å². The molecule has 1 N–H and O–H groups in total. The van der Waals surface area contributed by atoms with E-state index in [2.05, 4.69) is 0 Å².